The van der Waals surface area contributed by atoms with E-state index < -0.39 is 0 Å². The summed E-state index contributed by atoms with van der Waals surface area (Å²) in [6.07, 6.45) is 5.27. The van der Waals surface area contributed by atoms with Crippen molar-refractivity contribution < 1.29 is 5.11 Å². The van der Waals surface area contributed by atoms with Crippen molar-refractivity contribution in [3.05, 3.63) is 29.8 Å². The van der Waals surface area contributed by atoms with Crippen LogP contribution in [0.3, 0.4) is 0 Å². The third-order valence-electron chi connectivity index (χ3n) is 2.12. The van der Waals surface area contributed by atoms with Gasteiger partial charge in [0.15, 0.2) is 0 Å². The molecule has 74 valence electrons. The van der Waals surface area contributed by atoms with E-state index in [9.17, 15) is 5.11 Å². The zero-order valence-electron chi connectivity index (χ0n) is 8.49. The van der Waals surface area contributed by atoms with Crippen LogP contribution in [0.15, 0.2) is 24.3 Å². The van der Waals surface area contributed by atoms with Gasteiger partial charge in [0.05, 0.1) is 6.04 Å². The number of aromatic hydroxyl groups is 1. The van der Waals surface area contributed by atoms with Gasteiger partial charge in [0, 0.05) is 6.04 Å². The molecule has 0 aliphatic carbocycles. The summed E-state index contributed by atoms with van der Waals surface area (Å²) in [5, 5.41) is 12.5. The Balaban J connectivity index is 2.70. The summed E-state index contributed by atoms with van der Waals surface area (Å²) in [5.41, 5.74) is 1.03. The van der Waals surface area contributed by atoms with Crippen molar-refractivity contribution in [2.45, 2.75) is 25.9 Å². The number of nitrogens with one attached hydrogen (secondary N) is 1. The van der Waals surface area contributed by atoms with Crippen LogP contribution >= 0.6 is 0 Å². The fraction of sp³-hybridized carbons (Fsp3) is 0.333. The van der Waals surface area contributed by atoms with E-state index in [4.69, 9.17) is 6.42 Å². The zero-order chi connectivity index (χ0) is 10.6. The highest BCUT2D eigenvalue weighted by Gasteiger charge is 2.07. The van der Waals surface area contributed by atoms with Crippen LogP contribution in [-0.2, 0) is 0 Å². The van der Waals surface area contributed by atoms with Crippen LogP contribution in [0.1, 0.15) is 25.5 Å². The Labute approximate surface area is 85.0 Å². The smallest absolute Gasteiger partial charge is 0.115 e. The molecule has 2 unspecified atom stereocenters. The summed E-state index contributed by atoms with van der Waals surface area (Å²) in [6.45, 7) is 3.95. The third kappa shape index (κ3) is 2.79. The molecule has 0 aromatic heterocycles. The van der Waals surface area contributed by atoms with Gasteiger partial charge < -0.3 is 5.11 Å². The van der Waals surface area contributed by atoms with Gasteiger partial charge in [-0.25, -0.2) is 0 Å². The van der Waals surface area contributed by atoms with Crippen molar-refractivity contribution in [2.24, 2.45) is 0 Å². The molecule has 0 spiro atoms. The minimum atomic E-state index is 0.0346. The fourth-order valence-electron chi connectivity index (χ4n) is 1.31. The molecule has 0 bridgehead atoms. The predicted octanol–water partition coefficient (Wildman–Crippen LogP) is 2.06. The van der Waals surface area contributed by atoms with Gasteiger partial charge in [0.1, 0.15) is 5.75 Å². The Morgan fingerprint density at radius 3 is 2.71 bits per heavy atom. The Morgan fingerprint density at radius 2 is 2.14 bits per heavy atom. The van der Waals surface area contributed by atoms with Crippen LogP contribution in [0.5, 0.6) is 5.75 Å². The highest BCUT2D eigenvalue weighted by Crippen LogP contribution is 2.17. The lowest BCUT2D eigenvalue weighted by Crippen LogP contribution is -2.27. The molecule has 2 N–H and O–H groups in total. The van der Waals surface area contributed by atoms with E-state index in [0.717, 1.165) is 5.56 Å². The van der Waals surface area contributed by atoms with Gasteiger partial charge in [-0.2, -0.15) is 0 Å². The SMILES string of the molecule is C#CC(C)NC(C)c1cccc(O)c1. The Kier molecular flexibility index (Phi) is 3.55. The second kappa shape index (κ2) is 4.69. The second-order valence-corrected chi connectivity index (χ2v) is 3.37. The first-order valence-corrected chi connectivity index (χ1v) is 4.64. The van der Waals surface area contributed by atoms with E-state index in [1.54, 1.807) is 12.1 Å². The van der Waals surface area contributed by atoms with E-state index in [1.165, 1.54) is 0 Å². The molecule has 2 heteroatoms. The first-order chi connectivity index (χ1) is 6.63. The predicted molar refractivity (Wildman–Crippen MR) is 58.0 cm³/mol. The molecule has 0 aliphatic heterocycles. The van der Waals surface area contributed by atoms with Crippen LogP contribution in [0, 0.1) is 12.3 Å². The number of benzene rings is 1. The molecule has 0 amide bonds. The quantitative estimate of drug-likeness (QED) is 0.713. The Hall–Kier alpha value is -1.46. The molecule has 0 saturated carbocycles. The summed E-state index contributed by atoms with van der Waals surface area (Å²) in [4.78, 5) is 0. The minimum absolute atomic E-state index is 0.0346. The summed E-state index contributed by atoms with van der Waals surface area (Å²) in [5.74, 6) is 2.89. The third-order valence-corrected chi connectivity index (χ3v) is 2.12. The maximum Gasteiger partial charge on any atom is 0.115 e. The zero-order valence-corrected chi connectivity index (χ0v) is 8.49. The Bertz CT molecular complexity index is 340. The highest BCUT2D eigenvalue weighted by atomic mass is 16.3. The summed E-state index contributed by atoms with van der Waals surface area (Å²) in [7, 11) is 0. The summed E-state index contributed by atoms with van der Waals surface area (Å²) < 4.78 is 0. The number of terminal acetylenes is 1. The van der Waals surface area contributed by atoms with Crippen LogP contribution in [0.4, 0.5) is 0 Å². The molecule has 14 heavy (non-hydrogen) atoms. The van der Waals surface area contributed by atoms with Crippen LogP contribution in [-0.4, -0.2) is 11.1 Å². The van der Waals surface area contributed by atoms with Crippen LogP contribution in [0.2, 0.25) is 0 Å². The molecule has 2 nitrogen and oxygen atoms in total. The van der Waals surface area contributed by atoms with Gasteiger partial charge >= 0.3 is 0 Å². The monoisotopic (exact) mass is 189 g/mol. The van der Waals surface area contributed by atoms with E-state index >= 15 is 0 Å². The normalized spacial score (nSPS) is 14.4. The van der Waals surface area contributed by atoms with Gasteiger partial charge in [0.2, 0.25) is 0 Å². The van der Waals surface area contributed by atoms with Gasteiger partial charge in [-0.15, -0.1) is 6.42 Å². The van der Waals surface area contributed by atoms with Crippen LogP contribution in [0.25, 0.3) is 0 Å². The number of hydrogen-bond donors (Lipinski definition) is 2. The second-order valence-electron chi connectivity index (χ2n) is 3.37. The molecule has 1 aromatic rings. The summed E-state index contributed by atoms with van der Waals surface area (Å²) >= 11 is 0. The molecule has 0 fully saturated rings. The average Bonchev–Trinajstić information content (AvgIpc) is 2.17. The van der Waals surface area contributed by atoms with Crippen molar-refractivity contribution in [1.82, 2.24) is 5.32 Å². The number of phenols is 1. The van der Waals surface area contributed by atoms with Crippen molar-refractivity contribution in [3.8, 4) is 18.1 Å². The molecule has 2 atom stereocenters. The Morgan fingerprint density at radius 1 is 1.43 bits per heavy atom. The van der Waals surface area contributed by atoms with Gasteiger partial charge in [-0.05, 0) is 31.5 Å². The lowest BCUT2D eigenvalue weighted by atomic mass is 10.1. The number of rotatable bonds is 3. The largest absolute Gasteiger partial charge is 0.508 e. The lowest BCUT2D eigenvalue weighted by molar-refractivity contribution is 0.471. The van der Waals surface area contributed by atoms with Crippen molar-refractivity contribution in [3.63, 3.8) is 0 Å². The van der Waals surface area contributed by atoms with E-state index in [-0.39, 0.29) is 17.8 Å². The van der Waals surface area contributed by atoms with Crippen molar-refractivity contribution >= 4 is 0 Å². The maximum absolute atomic E-state index is 9.29. The topological polar surface area (TPSA) is 32.3 Å². The van der Waals surface area contributed by atoms with Crippen molar-refractivity contribution in [2.75, 3.05) is 0 Å². The molecular formula is C12H15NO. The van der Waals surface area contributed by atoms with Gasteiger partial charge in [-0.1, -0.05) is 18.1 Å². The first kappa shape index (κ1) is 10.6. The van der Waals surface area contributed by atoms with E-state index in [2.05, 4.69) is 11.2 Å². The van der Waals surface area contributed by atoms with Crippen LogP contribution < -0.4 is 5.32 Å². The molecule has 1 rings (SSSR count). The highest BCUT2D eigenvalue weighted by molar-refractivity contribution is 5.29. The number of phenolic OH excluding ortho intramolecular Hbond substituents is 1. The van der Waals surface area contributed by atoms with E-state index in [1.807, 2.05) is 26.0 Å². The van der Waals surface area contributed by atoms with E-state index in [0.29, 0.717) is 0 Å². The van der Waals surface area contributed by atoms with Crippen molar-refractivity contribution in [1.29, 1.82) is 0 Å². The lowest BCUT2D eigenvalue weighted by Gasteiger charge is -2.16. The molecule has 1 aromatic carbocycles. The molecule has 0 saturated heterocycles. The minimum Gasteiger partial charge on any atom is -0.508 e. The molecular weight excluding hydrogens is 174 g/mol. The van der Waals surface area contributed by atoms with Gasteiger partial charge in [0.25, 0.3) is 0 Å². The van der Waals surface area contributed by atoms with Gasteiger partial charge in [-0.3, -0.25) is 5.32 Å². The fourth-order valence-corrected chi connectivity index (χ4v) is 1.31. The number of hydrogen-bond acceptors (Lipinski definition) is 2. The molecule has 0 radical (unpaired) electrons. The summed E-state index contributed by atoms with van der Waals surface area (Å²) in [6, 6.07) is 7.35. The average molecular weight is 189 g/mol. The molecule has 0 aliphatic rings. The molecule has 0 heterocycles. The maximum atomic E-state index is 9.29. The first-order valence-electron chi connectivity index (χ1n) is 4.64. The standard InChI is InChI=1S/C12H15NO/c1-4-9(2)13-10(3)11-6-5-7-12(14)8-11/h1,5-10,13-14H,2-3H3.